The number of halogens is 1. The Labute approximate surface area is 160 Å². The summed E-state index contributed by atoms with van der Waals surface area (Å²) in [5, 5.41) is 15.3. The third-order valence-corrected chi connectivity index (χ3v) is 5.75. The van der Waals surface area contributed by atoms with Crippen LogP contribution in [0.15, 0.2) is 45.5 Å². The van der Waals surface area contributed by atoms with E-state index in [0.717, 1.165) is 31.2 Å². The second-order valence-electron chi connectivity index (χ2n) is 6.89. The van der Waals surface area contributed by atoms with Crippen LogP contribution in [0.2, 0.25) is 0 Å². The van der Waals surface area contributed by atoms with Crippen LogP contribution in [0.25, 0.3) is 11.5 Å². The second kappa shape index (κ2) is 8.00. The number of benzene rings is 1. The molecule has 0 saturated heterocycles. The Kier molecular flexibility index (Phi) is 5.29. The van der Waals surface area contributed by atoms with Crippen molar-refractivity contribution in [1.29, 1.82) is 0 Å². The molecule has 0 radical (unpaired) electrons. The lowest BCUT2D eigenvalue weighted by Gasteiger charge is -2.26. The largest absolute Gasteiger partial charge is 0.420 e. The summed E-state index contributed by atoms with van der Waals surface area (Å²) >= 11 is 1.61. The summed E-state index contributed by atoms with van der Waals surface area (Å²) in [6.07, 6.45) is 3.96. The number of hydrogen-bond donors (Lipinski definition) is 1. The minimum atomic E-state index is -0.340. The lowest BCUT2D eigenvalue weighted by Crippen LogP contribution is -2.31. The first-order valence-corrected chi connectivity index (χ1v) is 10.0. The van der Waals surface area contributed by atoms with Gasteiger partial charge in [-0.05, 0) is 67.3 Å². The molecule has 1 amide bonds. The van der Waals surface area contributed by atoms with Gasteiger partial charge in [0, 0.05) is 29.0 Å². The van der Waals surface area contributed by atoms with E-state index < -0.39 is 0 Å². The number of hydrogen-bond acceptors (Lipinski definition) is 5. The first-order valence-electron chi connectivity index (χ1n) is 9.09. The van der Waals surface area contributed by atoms with Gasteiger partial charge < -0.3 is 9.73 Å². The third-order valence-electron chi connectivity index (χ3n) is 5.06. The fourth-order valence-corrected chi connectivity index (χ4v) is 4.09. The van der Waals surface area contributed by atoms with Crippen molar-refractivity contribution >= 4 is 17.2 Å². The molecule has 1 fully saturated rings. The Morgan fingerprint density at radius 1 is 1.15 bits per heavy atom. The van der Waals surface area contributed by atoms with Crippen molar-refractivity contribution in [1.82, 2.24) is 15.5 Å². The van der Waals surface area contributed by atoms with Crippen LogP contribution in [0.4, 0.5) is 4.39 Å². The van der Waals surface area contributed by atoms with E-state index in [1.165, 1.54) is 24.3 Å². The average molecular weight is 385 g/mol. The van der Waals surface area contributed by atoms with Gasteiger partial charge in [0.25, 0.3) is 5.91 Å². The van der Waals surface area contributed by atoms with Gasteiger partial charge in [-0.3, -0.25) is 4.79 Å². The molecule has 140 valence electrons. The quantitative estimate of drug-likeness (QED) is 0.695. The van der Waals surface area contributed by atoms with Gasteiger partial charge in [0.2, 0.25) is 11.8 Å². The lowest BCUT2D eigenvalue weighted by molar-refractivity contribution is 0.0942. The fourth-order valence-electron chi connectivity index (χ4n) is 3.46. The van der Waals surface area contributed by atoms with Gasteiger partial charge in [-0.25, -0.2) is 4.39 Å². The van der Waals surface area contributed by atoms with E-state index in [1.54, 1.807) is 11.3 Å². The Morgan fingerprint density at radius 2 is 1.93 bits per heavy atom. The first-order chi connectivity index (χ1) is 13.2. The topological polar surface area (TPSA) is 68.0 Å². The maximum absolute atomic E-state index is 12.9. The smallest absolute Gasteiger partial charge is 0.251 e. The Bertz CT molecular complexity index is 884. The molecule has 1 N–H and O–H groups in total. The maximum atomic E-state index is 12.9. The molecular weight excluding hydrogens is 365 g/mol. The molecule has 4 rings (SSSR count). The summed E-state index contributed by atoms with van der Waals surface area (Å²) in [5.74, 6) is 1.52. The lowest BCUT2D eigenvalue weighted by atomic mass is 9.82. The predicted octanol–water partition coefficient (Wildman–Crippen LogP) is 4.64. The van der Waals surface area contributed by atoms with Crippen LogP contribution < -0.4 is 5.32 Å². The number of carbonyl (C=O) groups is 1. The average Bonchev–Trinajstić information content (AvgIpc) is 3.39. The summed E-state index contributed by atoms with van der Waals surface area (Å²) < 4.78 is 18.8. The van der Waals surface area contributed by atoms with E-state index in [9.17, 15) is 9.18 Å². The van der Waals surface area contributed by atoms with Gasteiger partial charge in [-0.2, -0.15) is 11.3 Å². The molecule has 0 aliphatic heterocycles. The zero-order valence-electron chi connectivity index (χ0n) is 14.7. The van der Waals surface area contributed by atoms with Gasteiger partial charge in [0.15, 0.2) is 0 Å². The third kappa shape index (κ3) is 4.24. The Balaban J connectivity index is 1.26. The zero-order chi connectivity index (χ0) is 18.6. The van der Waals surface area contributed by atoms with Crippen molar-refractivity contribution in [2.24, 2.45) is 5.92 Å². The highest BCUT2D eigenvalue weighted by molar-refractivity contribution is 7.08. The molecule has 7 heteroatoms. The Hall–Kier alpha value is -2.54. The van der Waals surface area contributed by atoms with Crippen LogP contribution in [0.5, 0.6) is 0 Å². The molecule has 1 aliphatic rings. The van der Waals surface area contributed by atoms with Gasteiger partial charge in [-0.15, -0.1) is 10.2 Å². The molecule has 1 saturated carbocycles. The molecule has 1 aromatic carbocycles. The van der Waals surface area contributed by atoms with Crippen LogP contribution in [-0.4, -0.2) is 22.6 Å². The number of thiophene rings is 1. The van der Waals surface area contributed by atoms with Gasteiger partial charge in [0.05, 0.1) is 0 Å². The van der Waals surface area contributed by atoms with E-state index in [-0.39, 0.29) is 17.6 Å². The number of carbonyl (C=O) groups excluding carboxylic acids is 1. The molecule has 0 unspecified atom stereocenters. The number of nitrogens with one attached hydrogen (secondary N) is 1. The highest BCUT2D eigenvalue weighted by Gasteiger charge is 2.26. The molecule has 0 bridgehead atoms. The molecule has 5 nitrogen and oxygen atoms in total. The predicted molar refractivity (Wildman–Crippen MR) is 101 cm³/mol. The normalized spacial score (nSPS) is 19.7. The summed E-state index contributed by atoms with van der Waals surface area (Å²) in [6.45, 7) is 0.632. The van der Waals surface area contributed by atoms with Crippen molar-refractivity contribution in [3.8, 4) is 11.5 Å². The summed E-state index contributed by atoms with van der Waals surface area (Å²) in [7, 11) is 0. The van der Waals surface area contributed by atoms with Gasteiger partial charge >= 0.3 is 0 Å². The van der Waals surface area contributed by atoms with Crippen LogP contribution in [0.3, 0.4) is 0 Å². The molecule has 1 aliphatic carbocycles. The summed E-state index contributed by atoms with van der Waals surface area (Å²) in [4.78, 5) is 12.1. The number of nitrogens with zero attached hydrogens (tertiary/aromatic N) is 2. The number of amides is 1. The van der Waals surface area contributed by atoms with Gasteiger partial charge in [0.1, 0.15) is 5.82 Å². The molecule has 0 spiro atoms. The van der Waals surface area contributed by atoms with Crippen LogP contribution in [0, 0.1) is 11.7 Å². The van der Waals surface area contributed by atoms with E-state index >= 15 is 0 Å². The summed E-state index contributed by atoms with van der Waals surface area (Å²) in [6, 6.07) is 7.58. The van der Waals surface area contributed by atoms with Crippen molar-refractivity contribution in [2.75, 3.05) is 6.54 Å². The molecular formula is C20H20FN3O2S. The molecule has 2 aromatic heterocycles. The van der Waals surface area contributed by atoms with E-state index in [1.807, 2.05) is 16.8 Å². The number of aromatic nitrogens is 2. The zero-order valence-corrected chi connectivity index (χ0v) is 15.5. The molecule has 3 aromatic rings. The van der Waals surface area contributed by atoms with Crippen molar-refractivity contribution in [3.05, 3.63) is 58.4 Å². The highest BCUT2D eigenvalue weighted by atomic mass is 32.1. The van der Waals surface area contributed by atoms with E-state index in [0.29, 0.717) is 29.8 Å². The first kappa shape index (κ1) is 17.9. The molecule has 27 heavy (non-hydrogen) atoms. The molecule has 0 atom stereocenters. The van der Waals surface area contributed by atoms with Crippen molar-refractivity contribution in [3.63, 3.8) is 0 Å². The highest BCUT2D eigenvalue weighted by Crippen LogP contribution is 2.36. The summed E-state index contributed by atoms with van der Waals surface area (Å²) in [5.41, 5.74) is 1.45. The van der Waals surface area contributed by atoms with Crippen molar-refractivity contribution < 1.29 is 13.6 Å². The Morgan fingerprint density at radius 3 is 2.63 bits per heavy atom. The van der Waals surface area contributed by atoms with Crippen LogP contribution >= 0.6 is 11.3 Å². The SMILES string of the molecule is O=C(NCC1CCC(c2nnc(-c3ccsc3)o2)CC1)c1ccc(F)cc1. The van der Waals surface area contributed by atoms with Gasteiger partial charge in [-0.1, -0.05) is 0 Å². The minimum Gasteiger partial charge on any atom is -0.420 e. The van der Waals surface area contributed by atoms with Crippen molar-refractivity contribution in [2.45, 2.75) is 31.6 Å². The standard InChI is InChI=1S/C20H20FN3O2S/c21-17-7-5-14(6-8-17)18(25)22-11-13-1-3-15(4-2-13)19-23-24-20(26-19)16-9-10-27-12-16/h5-10,12-13,15H,1-4,11H2,(H,22,25). The van der Waals surface area contributed by atoms with E-state index in [4.69, 9.17) is 4.42 Å². The second-order valence-corrected chi connectivity index (χ2v) is 7.67. The minimum absolute atomic E-state index is 0.158. The van der Waals surface area contributed by atoms with E-state index in [2.05, 4.69) is 15.5 Å². The molecule has 2 heterocycles. The van der Waals surface area contributed by atoms with Crippen LogP contribution in [-0.2, 0) is 0 Å². The fraction of sp³-hybridized carbons (Fsp3) is 0.350. The maximum Gasteiger partial charge on any atom is 0.251 e. The number of rotatable bonds is 5. The monoisotopic (exact) mass is 385 g/mol. The van der Waals surface area contributed by atoms with Crippen LogP contribution in [0.1, 0.15) is 47.8 Å².